The van der Waals surface area contributed by atoms with Gasteiger partial charge in [-0.3, -0.25) is 19.7 Å². The highest BCUT2D eigenvalue weighted by Crippen LogP contribution is 2.16. The lowest BCUT2D eigenvalue weighted by atomic mass is 10.2. The number of carbonyl (C=O) groups excluding carboxylic acids is 2. The molecule has 0 aliphatic carbocycles. The monoisotopic (exact) mass is 468 g/mol. The van der Waals surface area contributed by atoms with Crippen LogP contribution >= 0.6 is 15.9 Å². The first kappa shape index (κ1) is 21.3. The van der Waals surface area contributed by atoms with Gasteiger partial charge in [-0.2, -0.15) is 5.10 Å². The Morgan fingerprint density at radius 1 is 1.10 bits per heavy atom. The molecule has 2 amide bonds. The summed E-state index contributed by atoms with van der Waals surface area (Å²) in [7, 11) is 0. The minimum atomic E-state index is -0.375. The molecule has 1 heterocycles. The summed E-state index contributed by atoms with van der Waals surface area (Å²) in [5, 5.41) is 3.98. The van der Waals surface area contributed by atoms with E-state index in [2.05, 4.69) is 31.9 Å². The highest BCUT2D eigenvalue weighted by Gasteiger charge is 2.12. The van der Waals surface area contributed by atoms with Crippen LogP contribution in [0.25, 0.3) is 0 Å². The van der Waals surface area contributed by atoms with Crippen molar-refractivity contribution in [1.82, 2.24) is 10.1 Å². The Balaban J connectivity index is 1.56. The van der Waals surface area contributed by atoms with Gasteiger partial charge < -0.3 is 4.74 Å². The first-order chi connectivity index (χ1) is 14.4. The van der Waals surface area contributed by atoms with Crippen molar-refractivity contribution in [1.29, 1.82) is 0 Å². The van der Waals surface area contributed by atoms with E-state index in [0.717, 1.165) is 21.4 Å². The van der Waals surface area contributed by atoms with Gasteiger partial charge in [-0.05, 0) is 56.3 Å². The minimum absolute atomic E-state index is 0.148. The molecule has 1 aromatic heterocycles. The number of aromatic nitrogens is 1. The van der Waals surface area contributed by atoms with Gasteiger partial charge in [0.15, 0.2) is 6.61 Å². The summed E-state index contributed by atoms with van der Waals surface area (Å²) >= 11 is 3.34. The number of hydrogen-bond acceptors (Lipinski definition) is 4. The van der Waals surface area contributed by atoms with Crippen LogP contribution in [0.2, 0.25) is 0 Å². The molecule has 3 rings (SSSR count). The first-order valence-electron chi connectivity index (χ1n) is 9.19. The summed E-state index contributed by atoms with van der Waals surface area (Å²) in [6.45, 7) is 3.59. The molecule has 0 bridgehead atoms. The van der Waals surface area contributed by atoms with Crippen molar-refractivity contribution in [3.63, 3.8) is 0 Å². The molecule has 0 fully saturated rings. The van der Waals surface area contributed by atoms with Crippen molar-refractivity contribution in [2.24, 2.45) is 5.10 Å². The van der Waals surface area contributed by atoms with E-state index < -0.39 is 0 Å². The second kappa shape index (κ2) is 9.89. The topological polar surface area (TPSA) is 84.7 Å². The van der Waals surface area contributed by atoms with Crippen LogP contribution < -0.4 is 15.6 Å². The molecule has 8 heteroatoms. The van der Waals surface area contributed by atoms with Crippen LogP contribution in [-0.2, 0) is 4.79 Å². The van der Waals surface area contributed by atoms with Gasteiger partial charge in [0.1, 0.15) is 5.75 Å². The molecule has 0 saturated carbocycles. The quantitative estimate of drug-likeness (QED) is 0.408. The van der Waals surface area contributed by atoms with Gasteiger partial charge in [0, 0.05) is 27.0 Å². The second-order valence-corrected chi connectivity index (χ2v) is 7.42. The molecular formula is C22H21BrN4O3. The highest BCUT2D eigenvalue weighted by atomic mass is 79.9. The third-order valence-electron chi connectivity index (χ3n) is 4.30. The molecule has 0 aliphatic heterocycles. The molecule has 30 heavy (non-hydrogen) atoms. The van der Waals surface area contributed by atoms with Crippen LogP contribution in [0, 0.1) is 13.8 Å². The summed E-state index contributed by atoms with van der Waals surface area (Å²) in [6.07, 6.45) is 1.53. The summed E-state index contributed by atoms with van der Waals surface area (Å²) in [5.41, 5.74) is 8.27. The molecule has 0 unspecified atom stereocenters. The number of nitrogens with zero attached hydrogens (tertiary/aromatic N) is 2. The molecule has 0 radical (unpaired) electrons. The average molecular weight is 469 g/mol. The average Bonchev–Trinajstić information content (AvgIpc) is 3.01. The Morgan fingerprint density at radius 2 is 1.80 bits per heavy atom. The molecule has 2 N–H and O–H groups in total. The van der Waals surface area contributed by atoms with Gasteiger partial charge in [0.2, 0.25) is 0 Å². The molecule has 0 saturated heterocycles. The van der Waals surface area contributed by atoms with Crippen LogP contribution in [0.1, 0.15) is 27.3 Å². The molecule has 0 atom stereocenters. The number of rotatable bonds is 7. The van der Waals surface area contributed by atoms with Gasteiger partial charge in [0.05, 0.1) is 6.21 Å². The summed E-state index contributed by atoms with van der Waals surface area (Å²) in [4.78, 5) is 24.3. The van der Waals surface area contributed by atoms with Crippen molar-refractivity contribution < 1.29 is 14.3 Å². The Bertz CT molecular complexity index is 1060. The van der Waals surface area contributed by atoms with Gasteiger partial charge in [-0.15, -0.1) is 0 Å². The largest absolute Gasteiger partial charge is 0.484 e. The third kappa shape index (κ3) is 5.57. The van der Waals surface area contributed by atoms with Crippen LogP contribution in [0.15, 0.2) is 70.2 Å². The number of nitrogens with one attached hydrogen (secondary N) is 2. The predicted octanol–water partition coefficient (Wildman–Crippen LogP) is 3.78. The van der Waals surface area contributed by atoms with E-state index in [0.29, 0.717) is 11.3 Å². The van der Waals surface area contributed by atoms with E-state index in [1.165, 1.54) is 6.21 Å². The molecule has 7 nitrogen and oxygen atoms in total. The van der Waals surface area contributed by atoms with E-state index >= 15 is 0 Å². The highest BCUT2D eigenvalue weighted by molar-refractivity contribution is 9.10. The molecule has 0 aliphatic rings. The fourth-order valence-corrected chi connectivity index (χ4v) is 3.00. The van der Waals surface area contributed by atoms with Crippen LogP contribution in [0.3, 0.4) is 0 Å². The van der Waals surface area contributed by atoms with Gasteiger partial charge in [-0.25, -0.2) is 5.43 Å². The zero-order chi connectivity index (χ0) is 21.5. The Morgan fingerprint density at radius 3 is 2.50 bits per heavy atom. The first-order valence-corrected chi connectivity index (χ1v) is 9.99. The molecular weight excluding hydrogens is 448 g/mol. The Labute approximate surface area is 182 Å². The van der Waals surface area contributed by atoms with Gasteiger partial charge in [-0.1, -0.05) is 34.1 Å². The van der Waals surface area contributed by atoms with Crippen molar-refractivity contribution in [2.75, 3.05) is 12.0 Å². The van der Waals surface area contributed by atoms with Crippen LogP contribution in [0.5, 0.6) is 5.75 Å². The number of halogens is 1. The van der Waals surface area contributed by atoms with Crippen LogP contribution in [-0.4, -0.2) is 29.3 Å². The maximum absolute atomic E-state index is 12.4. The number of aryl methyl sites for hydroxylation is 1. The zero-order valence-corrected chi connectivity index (χ0v) is 18.1. The molecule has 2 aromatic carbocycles. The SMILES string of the molecule is Cc1cc(/C=N\NC(=O)COc2ccc(Br)cc2)c(C)n1NC(=O)c1ccccc1. The molecule has 154 valence electrons. The number of carbonyl (C=O) groups is 2. The molecule has 3 aromatic rings. The fourth-order valence-electron chi connectivity index (χ4n) is 2.73. The maximum atomic E-state index is 12.4. The zero-order valence-electron chi connectivity index (χ0n) is 16.6. The number of ether oxygens (including phenoxy) is 1. The lowest BCUT2D eigenvalue weighted by molar-refractivity contribution is -0.123. The van der Waals surface area contributed by atoms with E-state index in [-0.39, 0.29) is 18.4 Å². The van der Waals surface area contributed by atoms with Crippen molar-refractivity contribution in [2.45, 2.75) is 13.8 Å². The number of hydrogen-bond donors (Lipinski definition) is 2. The smallest absolute Gasteiger partial charge is 0.277 e. The number of amides is 2. The lowest BCUT2D eigenvalue weighted by Crippen LogP contribution is -2.25. The van der Waals surface area contributed by atoms with Crippen molar-refractivity contribution >= 4 is 34.0 Å². The Kier molecular flexibility index (Phi) is 7.03. The van der Waals surface area contributed by atoms with E-state index in [4.69, 9.17) is 4.74 Å². The van der Waals surface area contributed by atoms with E-state index in [9.17, 15) is 9.59 Å². The predicted molar refractivity (Wildman–Crippen MR) is 119 cm³/mol. The summed E-state index contributed by atoms with van der Waals surface area (Å²) < 4.78 is 8.02. The molecule has 0 spiro atoms. The number of benzene rings is 2. The summed E-state index contributed by atoms with van der Waals surface area (Å²) in [6, 6.07) is 18.0. The fraction of sp³-hybridized carbons (Fsp3) is 0.136. The van der Waals surface area contributed by atoms with Gasteiger partial charge in [0.25, 0.3) is 11.8 Å². The maximum Gasteiger partial charge on any atom is 0.277 e. The van der Waals surface area contributed by atoms with Gasteiger partial charge >= 0.3 is 0 Å². The van der Waals surface area contributed by atoms with E-state index in [1.54, 1.807) is 28.9 Å². The standard InChI is InChI=1S/C22H21BrN4O3/c1-15-12-18(16(2)27(15)26-22(29)17-6-4-3-5-7-17)13-24-25-21(28)14-30-20-10-8-19(23)9-11-20/h3-13H,14H2,1-2H3,(H,25,28)(H,26,29)/b24-13-. The van der Waals surface area contributed by atoms with E-state index in [1.807, 2.05) is 50.2 Å². The minimum Gasteiger partial charge on any atom is -0.484 e. The number of hydrazone groups is 1. The van der Waals surface area contributed by atoms with Crippen molar-refractivity contribution in [3.05, 3.63) is 87.7 Å². The lowest BCUT2D eigenvalue weighted by Gasteiger charge is -2.11. The van der Waals surface area contributed by atoms with Crippen molar-refractivity contribution in [3.8, 4) is 5.75 Å². The Hall–Kier alpha value is -3.39. The normalized spacial score (nSPS) is 10.8. The third-order valence-corrected chi connectivity index (χ3v) is 4.82. The van der Waals surface area contributed by atoms with Crippen LogP contribution in [0.4, 0.5) is 0 Å². The second-order valence-electron chi connectivity index (χ2n) is 6.50. The summed E-state index contributed by atoms with van der Waals surface area (Å²) in [5.74, 6) is 0.00896.